The molecule has 0 fully saturated rings. The molecular weight excluding hydrogens is 513 g/mol. The largest absolute Gasteiger partial charge is 0.503 e. The zero-order chi connectivity index (χ0) is 27.8. The van der Waals surface area contributed by atoms with Gasteiger partial charge in [0, 0.05) is 39.4 Å². The molecule has 0 saturated carbocycles. The van der Waals surface area contributed by atoms with E-state index < -0.39 is 22.6 Å². The van der Waals surface area contributed by atoms with Gasteiger partial charge in [0.1, 0.15) is 16.4 Å². The molecule has 1 aliphatic heterocycles. The molecule has 3 heterocycles. The van der Waals surface area contributed by atoms with Crippen LogP contribution in [0.15, 0.2) is 35.0 Å². The summed E-state index contributed by atoms with van der Waals surface area (Å²) in [4.78, 5) is 43.4. The summed E-state index contributed by atoms with van der Waals surface area (Å²) in [5.74, 6) is -1.79. The van der Waals surface area contributed by atoms with Gasteiger partial charge < -0.3 is 24.2 Å². The Bertz CT molecular complexity index is 1370. The van der Waals surface area contributed by atoms with Crippen LogP contribution in [0.4, 0.5) is 4.39 Å². The van der Waals surface area contributed by atoms with Crippen molar-refractivity contribution in [1.82, 2.24) is 24.6 Å². The lowest BCUT2D eigenvalue weighted by molar-refractivity contribution is -0.140. The van der Waals surface area contributed by atoms with Crippen LogP contribution >= 0.6 is 11.3 Å². The Hall–Kier alpha value is -3.38. The van der Waals surface area contributed by atoms with E-state index in [9.17, 15) is 23.9 Å². The number of halogens is 1. The molecular formula is C26H32FN5O5S. The highest BCUT2D eigenvalue weighted by Crippen LogP contribution is 2.35. The number of pyridine rings is 1. The van der Waals surface area contributed by atoms with Gasteiger partial charge >= 0.3 is 0 Å². The number of carbonyl (C=O) groups excluding carboxylic acids is 2. The van der Waals surface area contributed by atoms with Gasteiger partial charge in [0.2, 0.25) is 11.3 Å². The third-order valence-electron chi connectivity index (χ3n) is 7.00. The second kappa shape index (κ2) is 10.8. The number of aromatic nitrogens is 3. The molecule has 0 bridgehead atoms. The maximum Gasteiger partial charge on any atom is 0.274 e. The summed E-state index contributed by atoms with van der Waals surface area (Å²) in [5.41, 5.74) is -2.26. The second-order valence-electron chi connectivity index (χ2n) is 10.1. The minimum Gasteiger partial charge on any atom is -0.503 e. The number of amides is 2. The lowest BCUT2D eigenvalue weighted by atomic mass is 9.93. The summed E-state index contributed by atoms with van der Waals surface area (Å²) in [5, 5.41) is 20.3. The SMILES string of the molecule is COCCN(C)C(=O)[C@@]1(C)CN(C(C)C)C(=O)c2c(O)c(=O)c(-c3nnc(CC4C=CC(F)=CC4)s3)cn21. The zero-order valence-electron chi connectivity index (χ0n) is 22.1. The highest BCUT2D eigenvalue weighted by molar-refractivity contribution is 7.14. The molecule has 1 unspecified atom stereocenters. The van der Waals surface area contributed by atoms with Gasteiger partial charge in [-0.15, -0.1) is 10.2 Å². The van der Waals surface area contributed by atoms with Crippen molar-refractivity contribution in [2.75, 3.05) is 33.9 Å². The molecule has 2 aromatic rings. The van der Waals surface area contributed by atoms with Crippen LogP contribution in [0.2, 0.25) is 0 Å². The Morgan fingerprint density at radius 2 is 2.11 bits per heavy atom. The number of nitrogens with zero attached hydrogens (tertiary/aromatic N) is 5. The molecule has 10 nitrogen and oxygen atoms in total. The average molecular weight is 546 g/mol. The Balaban J connectivity index is 1.78. The minimum absolute atomic E-state index is 0.0458. The normalized spacial score (nSPS) is 21.0. The third-order valence-corrected chi connectivity index (χ3v) is 7.97. The number of hydrogen-bond acceptors (Lipinski definition) is 8. The molecule has 12 heteroatoms. The Kier molecular flexibility index (Phi) is 7.84. The first kappa shape index (κ1) is 27.6. The first-order valence-corrected chi connectivity index (χ1v) is 13.2. The Morgan fingerprint density at radius 3 is 2.74 bits per heavy atom. The van der Waals surface area contributed by atoms with Crippen molar-refractivity contribution < 1.29 is 23.8 Å². The van der Waals surface area contributed by atoms with Crippen LogP contribution in [0.3, 0.4) is 0 Å². The van der Waals surface area contributed by atoms with E-state index in [1.165, 1.54) is 44.1 Å². The van der Waals surface area contributed by atoms with Crippen molar-refractivity contribution >= 4 is 23.2 Å². The summed E-state index contributed by atoms with van der Waals surface area (Å²) >= 11 is 1.18. The van der Waals surface area contributed by atoms with Crippen LogP contribution in [0.1, 0.15) is 42.7 Å². The van der Waals surface area contributed by atoms with E-state index in [-0.39, 0.29) is 46.5 Å². The van der Waals surface area contributed by atoms with Crippen molar-refractivity contribution in [3.05, 3.63) is 51.2 Å². The van der Waals surface area contributed by atoms with E-state index >= 15 is 0 Å². The molecule has 4 rings (SSSR count). The van der Waals surface area contributed by atoms with Gasteiger partial charge in [-0.3, -0.25) is 14.4 Å². The zero-order valence-corrected chi connectivity index (χ0v) is 22.9. The van der Waals surface area contributed by atoms with Crippen molar-refractivity contribution in [1.29, 1.82) is 0 Å². The molecule has 204 valence electrons. The molecule has 2 amide bonds. The summed E-state index contributed by atoms with van der Waals surface area (Å²) in [6, 6.07) is -0.273. The summed E-state index contributed by atoms with van der Waals surface area (Å²) < 4.78 is 19.8. The first-order chi connectivity index (χ1) is 18.0. The van der Waals surface area contributed by atoms with Crippen molar-refractivity contribution in [3.63, 3.8) is 0 Å². The highest BCUT2D eigenvalue weighted by atomic mass is 32.1. The summed E-state index contributed by atoms with van der Waals surface area (Å²) in [7, 11) is 3.18. The lowest BCUT2D eigenvalue weighted by Crippen LogP contribution is -2.61. The maximum absolute atomic E-state index is 13.7. The fourth-order valence-electron chi connectivity index (χ4n) is 4.75. The predicted octanol–water partition coefficient (Wildman–Crippen LogP) is 2.73. The van der Waals surface area contributed by atoms with E-state index in [4.69, 9.17) is 4.74 Å². The van der Waals surface area contributed by atoms with Gasteiger partial charge in [-0.1, -0.05) is 17.4 Å². The van der Waals surface area contributed by atoms with Gasteiger partial charge in [-0.2, -0.15) is 0 Å². The predicted molar refractivity (Wildman–Crippen MR) is 141 cm³/mol. The minimum atomic E-state index is -1.31. The quantitative estimate of drug-likeness (QED) is 0.542. The smallest absolute Gasteiger partial charge is 0.274 e. The van der Waals surface area contributed by atoms with Gasteiger partial charge in [-0.05, 0) is 45.3 Å². The number of ether oxygens (including phenoxy) is 1. The summed E-state index contributed by atoms with van der Waals surface area (Å²) in [6.07, 6.45) is 7.18. The molecule has 2 atom stereocenters. The number of allylic oxidation sites excluding steroid dienone is 4. The van der Waals surface area contributed by atoms with E-state index in [0.29, 0.717) is 31.0 Å². The van der Waals surface area contributed by atoms with Crippen LogP contribution in [-0.4, -0.2) is 81.4 Å². The standard InChI is InChI=1S/C26H32FN5O5S/c1-15(2)31-14-26(3,25(36)30(4)10-11-37-5)32-13-18(21(33)22(34)20(32)24(31)35)23-29-28-19(38-23)12-16-6-8-17(27)9-7-16/h6,8-9,13,15-16,34H,7,10-12,14H2,1-5H3/t16?,26-/m1/s1. The molecule has 0 radical (unpaired) electrons. The summed E-state index contributed by atoms with van der Waals surface area (Å²) in [6.45, 7) is 6.00. The molecule has 2 aliphatic rings. The molecule has 0 spiro atoms. The molecule has 0 saturated heterocycles. The number of hydrogen-bond donors (Lipinski definition) is 1. The highest BCUT2D eigenvalue weighted by Gasteiger charge is 2.48. The van der Waals surface area contributed by atoms with E-state index in [2.05, 4.69) is 10.2 Å². The average Bonchev–Trinajstić information content (AvgIpc) is 3.35. The fourth-order valence-corrected chi connectivity index (χ4v) is 5.69. The lowest BCUT2D eigenvalue weighted by Gasteiger charge is -2.45. The fraction of sp³-hybridized carbons (Fsp3) is 0.500. The number of aromatic hydroxyl groups is 1. The van der Waals surface area contributed by atoms with Crippen LogP contribution in [0.5, 0.6) is 5.75 Å². The number of rotatable bonds is 8. The Morgan fingerprint density at radius 1 is 1.37 bits per heavy atom. The second-order valence-corrected chi connectivity index (χ2v) is 11.2. The monoisotopic (exact) mass is 545 g/mol. The molecule has 0 aromatic carbocycles. The van der Waals surface area contributed by atoms with Gasteiger partial charge in [0.15, 0.2) is 16.5 Å². The van der Waals surface area contributed by atoms with Gasteiger partial charge in [0.25, 0.3) is 5.91 Å². The Labute approximate surface area is 224 Å². The van der Waals surface area contributed by atoms with Crippen LogP contribution < -0.4 is 5.43 Å². The van der Waals surface area contributed by atoms with Crippen LogP contribution in [-0.2, 0) is 21.5 Å². The third kappa shape index (κ3) is 5.02. The number of carbonyl (C=O) groups is 2. The van der Waals surface area contributed by atoms with Crippen molar-refractivity contribution in [2.24, 2.45) is 5.92 Å². The molecule has 2 aromatic heterocycles. The first-order valence-electron chi connectivity index (χ1n) is 12.4. The van der Waals surface area contributed by atoms with Crippen LogP contribution in [0, 0.1) is 5.92 Å². The van der Waals surface area contributed by atoms with Crippen molar-refractivity contribution in [2.45, 2.75) is 45.2 Å². The van der Waals surface area contributed by atoms with Gasteiger partial charge in [0.05, 0.1) is 18.7 Å². The van der Waals surface area contributed by atoms with Crippen molar-refractivity contribution in [3.8, 4) is 16.3 Å². The van der Waals surface area contributed by atoms with E-state index in [1.807, 2.05) is 13.8 Å². The topological polar surface area (TPSA) is 118 Å². The van der Waals surface area contributed by atoms with Crippen LogP contribution in [0.25, 0.3) is 10.6 Å². The maximum atomic E-state index is 13.7. The number of fused-ring (bicyclic) bond motifs is 1. The van der Waals surface area contributed by atoms with E-state index in [0.717, 1.165) is 0 Å². The molecule has 1 N–H and O–H groups in total. The molecule has 38 heavy (non-hydrogen) atoms. The number of methoxy groups -OCH3 is 1. The van der Waals surface area contributed by atoms with E-state index in [1.54, 1.807) is 27.2 Å². The molecule has 1 aliphatic carbocycles. The van der Waals surface area contributed by atoms with Gasteiger partial charge in [-0.25, -0.2) is 4.39 Å². The number of likely N-dealkylation sites (N-methyl/N-ethyl adjacent to an activating group) is 1.